The van der Waals surface area contributed by atoms with Crippen LogP contribution >= 0.6 is 12.2 Å². The van der Waals surface area contributed by atoms with E-state index in [0.29, 0.717) is 30.4 Å². The minimum absolute atomic E-state index is 0.0175. The third kappa shape index (κ3) is 4.94. The quantitative estimate of drug-likeness (QED) is 0.333. The molecule has 5 rings (SSSR count). The van der Waals surface area contributed by atoms with E-state index in [-0.39, 0.29) is 10.7 Å². The standard InChI is InChI=1S/C27H23N3O4S/c31-25-23(18-19-6-4-5-9-24(19)29-14-16-33-17-15-29)26(32)30(27(35)28-25)20-10-12-22(13-11-20)34-21-7-2-1-3-8-21/h1-13,18H,14-17H2,(H,28,31,35)/b23-18+. The minimum atomic E-state index is -0.517. The lowest BCUT2D eigenvalue weighted by atomic mass is 10.0. The zero-order chi connectivity index (χ0) is 24.2. The number of benzene rings is 3. The summed E-state index contributed by atoms with van der Waals surface area (Å²) >= 11 is 5.34. The maximum atomic E-state index is 13.5. The van der Waals surface area contributed by atoms with Crippen molar-refractivity contribution < 1.29 is 19.1 Å². The van der Waals surface area contributed by atoms with Crippen LogP contribution < -0.4 is 19.9 Å². The molecule has 0 spiro atoms. The molecule has 0 radical (unpaired) electrons. The average molecular weight is 486 g/mol. The molecule has 7 nitrogen and oxygen atoms in total. The van der Waals surface area contributed by atoms with Crippen LogP contribution in [0.3, 0.4) is 0 Å². The van der Waals surface area contributed by atoms with E-state index in [2.05, 4.69) is 10.2 Å². The summed E-state index contributed by atoms with van der Waals surface area (Å²) in [6.45, 7) is 2.76. The molecular formula is C27H23N3O4S. The van der Waals surface area contributed by atoms with Gasteiger partial charge in [0.15, 0.2) is 5.11 Å². The molecule has 0 aromatic heterocycles. The first-order valence-electron chi connectivity index (χ1n) is 11.3. The van der Waals surface area contributed by atoms with Gasteiger partial charge in [-0.05, 0) is 66.3 Å². The summed E-state index contributed by atoms with van der Waals surface area (Å²) in [5, 5.41) is 2.68. The van der Waals surface area contributed by atoms with Gasteiger partial charge in [0, 0.05) is 18.8 Å². The first kappa shape index (κ1) is 22.8. The Morgan fingerprint density at radius 3 is 2.26 bits per heavy atom. The maximum Gasteiger partial charge on any atom is 0.270 e. The molecule has 0 bridgehead atoms. The Kier molecular flexibility index (Phi) is 6.56. The monoisotopic (exact) mass is 485 g/mol. The summed E-state index contributed by atoms with van der Waals surface area (Å²) < 4.78 is 11.3. The number of nitrogens with zero attached hydrogens (tertiary/aromatic N) is 2. The molecule has 2 aliphatic rings. The fraction of sp³-hybridized carbons (Fsp3) is 0.148. The Bertz CT molecular complexity index is 1290. The first-order chi connectivity index (χ1) is 17.1. The number of rotatable bonds is 5. The number of nitrogens with one attached hydrogen (secondary N) is 1. The number of para-hydroxylation sites is 2. The molecule has 0 atom stereocenters. The Morgan fingerprint density at radius 1 is 0.857 bits per heavy atom. The molecule has 2 heterocycles. The van der Waals surface area contributed by atoms with Crippen molar-refractivity contribution in [2.24, 2.45) is 0 Å². The fourth-order valence-corrected chi connectivity index (χ4v) is 4.32. The zero-order valence-corrected chi connectivity index (χ0v) is 19.7. The Balaban J connectivity index is 1.42. The van der Waals surface area contributed by atoms with E-state index in [9.17, 15) is 9.59 Å². The third-order valence-corrected chi connectivity index (χ3v) is 6.05. The van der Waals surface area contributed by atoms with E-state index in [1.807, 2.05) is 54.6 Å². The molecule has 176 valence electrons. The van der Waals surface area contributed by atoms with Gasteiger partial charge in [-0.1, -0.05) is 36.4 Å². The van der Waals surface area contributed by atoms with Crippen molar-refractivity contribution in [2.45, 2.75) is 0 Å². The van der Waals surface area contributed by atoms with Crippen LogP contribution in [0.15, 0.2) is 84.4 Å². The van der Waals surface area contributed by atoms with Gasteiger partial charge in [-0.25, -0.2) is 0 Å². The van der Waals surface area contributed by atoms with Gasteiger partial charge in [-0.15, -0.1) is 0 Å². The van der Waals surface area contributed by atoms with Gasteiger partial charge in [-0.3, -0.25) is 19.8 Å². The third-order valence-electron chi connectivity index (χ3n) is 5.76. The second kappa shape index (κ2) is 10.1. The van der Waals surface area contributed by atoms with Crippen molar-refractivity contribution in [1.82, 2.24) is 5.32 Å². The summed E-state index contributed by atoms with van der Waals surface area (Å²) in [7, 11) is 0. The minimum Gasteiger partial charge on any atom is -0.457 e. The molecule has 0 unspecified atom stereocenters. The molecule has 3 aromatic carbocycles. The topological polar surface area (TPSA) is 71.1 Å². The molecule has 2 fully saturated rings. The molecule has 2 aliphatic heterocycles. The van der Waals surface area contributed by atoms with E-state index in [0.717, 1.165) is 24.3 Å². The number of amides is 2. The molecule has 35 heavy (non-hydrogen) atoms. The van der Waals surface area contributed by atoms with Crippen molar-refractivity contribution >= 4 is 46.6 Å². The Labute approximate surface area is 208 Å². The van der Waals surface area contributed by atoms with E-state index in [1.54, 1.807) is 30.3 Å². The van der Waals surface area contributed by atoms with Crippen LogP contribution in [0.5, 0.6) is 11.5 Å². The van der Waals surface area contributed by atoms with Gasteiger partial charge in [0.25, 0.3) is 11.8 Å². The lowest BCUT2D eigenvalue weighted by Gasteiger charge is -2.31. The van der Waals surface area contributed by atoms with Crippen LogP contribution in [0, 0.1) is 0 Å². The van der Waals surface area contributed by atoms with Gasteiger partial charge < -0.3 is 14.4 Å². The number of hydrogen-bond donors (Lipinski definition) is 1. The van der Waals surface area contributed by atoms with Crippen LogP contribution in [-0.2, 0) is 14.3 Å². The molecule has 0 saturated carbocycles. The maximum absolute atomic E-state index is 13.5. The smallest absolute Gasteiger partial charge is 0.270 e. The number of carbonyl (C=O) groups is 2. The van der Waals surface area contributed by atoms with E-state index in [4.69, 9.17) is 21.7 Å². The second-order valence-corrected chi connectivity index (χ2v) is 8.41. The molecule has 8 heteroatoms. The SMILES string of the molecule is O=C1NC(=S)N(c2ccc(Oc3ccccc3)cc2)C(=O)/C1=C/c1ccccc1N1CCOCC1. The number of hydrogen-bond acceptors (Lipinski definition) is 6. The van der Waals surface area contributed by atoms with Gasteiger partial charge in [0.1, 0.15) is 17.1 Å². The van der Waals surface area contributed by atoms with Crippen molar-refractivity contribution in [2.75, 3.05) is 36.1 Å². The molecule has 2 amide bonds. The number of carbonyl (C=O) groups excluding carboxylic acids is 2. The highest BCUT2D eigenvalue weighted by Crippen LogP contribution is 2.29. The summed E-state index contributed by atoms with van der Waals surface area (Å²) in [6.07, 6.45) is 1.63. The summed E-state index contributed by atoms with van der Waals surface area (Å²) in [6, 6.07) is 24.1. The summed E-state index contributed by atoms with van der Waals surface area (Å²) in [5.41, 5.74) is 2.29. The number of thiocarbonyl (C=S) groups is 1. The van der Waals surface area contributed by atoms with Crippen molar-refractivity contribution in [3.05, 3.63) is 90.0 Å². The number of morpholine rings is 1. The van der Waals surface area contributed by atoms with Gasteiger partial charge in [0.05, 0.1) is 18.9 Å². The number of ether oxygens (including phenoxy) is 2. The van der Waals surface area contributed by atoms with Gasteiger partial charge >= 0.3 is 0 Å². The second-order valence-electron chi connectivity index (χ2n) is 8.03. The lowest BCUT2D eigenvalue weighted by Crippen LogP contribution is -2.54. The molecule has 1 N–H and O–H groups in total. The molecule has 3 aromatic rings. The average Bonchev–Trinajstić information content (AvgIpc) is 2.89. The van der Waals surface area contributed by atoms with Crippen LogP contribution in [0.4, 0.5) is 11.4 Å². The fourth-order valence-electron chi connectivity index (χ4n) is 4.04. The van der Waals surface area contributed by atoms with Crippen LogP contribution in [-0.4, -0.2) is 43.2 Å². The number of anilines is 2. The molecule has 2 saturated heterocycles. The van der Waals surface area contributed by atoms with Gasteiger partial charge in [0.2, 0.25) is 0 Å². The molecular weight excluding hydrogens is 462 g/mol. The van der Waals surface area contributed by atoms with Crippen LogP contribution in [0.1, 0.15) is 5.56 Å². The largest absolute Gasteiger partial charge is 0.457 e. The normalized spacial score (nSPS) is 17.5. The van der Waals surface area contributed by atoms with Crippen LogP contribution in [0.2, 0.25) is 0 Å². The summed E-state index contributed by atoms with van der Waals surface area (Å²) in [4.78, 5) is 29.7. The highest BCUT2D eigenvalue weighted by molar-refractivity contribution is 7.80. The molecule has 0 aliphatic carbocycles. The highest BCUT2D eigenvalue weighted by Gasteiger charge is 2.34. The van der Waals surface area contributed by atoms with E-state index >= 15 is 0 Å². The Morgan fingerprint density at radius 2 is 1.51 bits per heavy atom. The summed E-state index contributed by atoms with van der Waals surface area (Å²) in [5.74, 6) is 0.333. The predicted molar refractivity (Wildman–Crippen MR) is 139 cm³/mol. The van der Waals surface area contributed by atoms with Crippen molar-refractivity contribution in [3.63, 3.8) is 0 Å². The lowest BCUT2D eigenvalue weighted by molar-refractivity contribution is -0.122. The highest BCUT2D eigenvalue weighted by atomic mass is 32.1. The van der Waals surface area contributed by atoms with E-state index < -0.39 is 11.8 Å². The predicted octanol–water partition coefficient (Wildman–Crippen LogP) is 4.15. The van der Waals surface area contributed by atoms with E-state index in [1.165, 1.54) is 4.90 Å². The van der Waals surface area contributed by atoms with Crippen LogP contribution in [0.25, 0.3) is 6.08 Å². The van der Waals surface area contributed by atoms with Crippen molar-refractivity contribution in [1.29, 1.82) is 0 Å². The Hall–Kier alpha value is -4.01. The zero-order valence-electron chi connectivity index (χ0n) is 18.8. The first-order valence-corrected chi connectivity index (χ1v) is 11.7. The van der Waals surface area contributed by atoms with Gasteiger partial charge in [-0.2, -0.15) is 0 Å². The van der Waals surface area contributed by atoms with Crippen molar-refractivity contribution in [3.8, 4) is 11.5 Å².